The molecule has 5 nitrogen and oxygen atoms in total. The number of nitrogens with one attached hydrogen (secondary N) is 2. The largest absolute Gasteiger partial charge is 0.497 e. The van der Waals surface area contributed by atoms with Crippen LogP contribution in [-0.4, -0.2) is 33.2 Å². The van der Waals surface area contributed by atoms with Gasteiger partial charge in [0, 0.05) is 6.07 Å². The standard InChI is InChI=1S/C17H22N2O3S/c1-4-19(11-14-6-5-9-23-14)12-17(20)18-15-10-13(21-2)7-8-16(15)22-3/h5-10H,4,11-12H2,1-3H3,(H,18,20)/p+1. The van der Waals surface area contributed by atoms with Crippen LogP contribution in [0.1, 0.15) is 11.8 Å². The van der Waals surface area contributed by atoms with Gasteiger partial charge in [-0.2, -0.15) is 0 Å². The highest BCUT2D eigenvalue weighted by Gasteiger charge is 2.16. The molecule has 0 aliphatic heterocycles. The minimum absolute atomic E-state index is 0.0371. The fourth-order valence-electron chi connectivity index (χ4n) is 2.31. The van der Waals surface area contributed by atoms with Crippen LogP contribution in [0.5, 0.6) is 11.5 Å². The molecule has 124 valence electrons. The Labute approximate surface area is 140 Å². The summed E-state index contributed by atoms with van der Waals surface area (Å²) >= 11 is 1.72. The number of ether oxygens (including phenoxy) is 2. The molecule has 1 amide bonds. The van der Waals surface area contributed by atoms with Crippen molar-refractivity contribution in [3.05, 3.63) is 40.6 Å². The molecule has 2 rings (SSSR count). The first-order valence-electron chi connectivity index (χ1n) is 7.54. The number of amides is 1. The minimum atomic E-state index is -0.0371. The molecule has 1 atom stereocenters. The van der Waals surface area contributed by atoms with Gasteiger partial charge in [-0.15, -0.1) is 11.3 Å². The molecule has 1 heterocycles. The number of quaternary nitrogens is 1. The van der Waals surface area contributed by atoms with Gasteiger partial charge in [-0.3, -0.25) is 4.79 Å². The van der Waals surface area contributed by atoms with E-state index in [1.54, 1.807) is 43.8 Å². The summed E-state index contributed by atoms with van der Waals surface area (Å²) in [6.07, 6.45) is 0. The molecule has 0 bridgehead atoms. The lowest BCUT2D eigenvalue weighted by Crippen LogP contribution is -3.11. The van der Waals surface area contributed by atoms with E-state index >= 15 is 0 Å². The van der Waals surface area contributed by atoms with Crippen LogP contribution in [0.25, 0.3) is 0 Å². The Balaban J connectivity index is 2.00. The van der Waals surface area contributed by atoms with Gasteiger partial charge >= 0.3 is 0 Å². The lowest BCUT2D eigenvalue weighted by atomic mass is 10.2. The molecular formula is C17H23N2O3S+. The van der Waals surface area contributed by atoms with E-state index in [0.717, 1.165) is 13.1 Å². The predicted molar refractivity (Wildman–Crippen MR) is 92.6 cm³/mol. The van der Waals surface area contributed by atoms with Crippen LogP contribution in [0.2, 0.25) is 0 Å². The summed E-state index contributed by atoms with van der Waals surface area (Å²) in [7, 11) is 3.18. The number of hydrogen-bond donors (Lipinski definition) is 2. The van der Waals surface area contributed by atoms with E-state index in [2.05, 4.69) is 23.7 Å². The number of benzene rings is 1. The van der Waals surface area contributed by atoms with Gasteiger partial charge < -0.3 is 19.7 Å². The van der Waals surface area contributed by atoms with Crippen LogP contribution in [0.4, 0.5) is 5.69 Å². The van der Waals surface area contributed by atoms with Crippen LogP contribution >= 0.6 is 11.3 Å². The maximum atomic E-state index is 12.4. The third kappa shape index (κ3) is 4.97. The molecule has 2 N–H and O–H groups in total. The van der Waals surface area contributed by atoms with Gasteiger partial charge in [-0.25, -0.2) is 0 Å². The zero-order valence-electron chi connectivity index (χ0n) is 13.7. The second-order valence-electron chi connectivity index (χ2n) is 5.15. The number of methoxy groups -OCH3 is 2. The van der Waals surface area contributed by atoms with Crippen LogP contribution in [0.3, 0.4) is 0 Å². The number of anilines is 1. The van der Waals surface area contributed by atoms with Gasteiger partial charge in [0.1, 0.15) is 18.0 Å². The average Bonchev–Trinajstić information content (AvgIpc) is 3.07. The van der Waals surface area contributed by atoms with Gasteiger partial charge in [0.05, 0.1) is 31.3 Å². The summed E-state index contributed by atoms with van der Waals surface area (Å²) in [6.45, 7) is 4.24. The van der Waals surface area contributed by atoms with Gasteiger partial charge in [0.15, 0.2) is 6.54 Å². The zero-order valence-corrected chi connectivity index (χ0v) is 14.5. The zero-order chi connectivity index (χ0) is 16.7. The summed E-state index contributed by atoms with van der Waals surface area (Å²) in [5.74, 6) is 1.26. The Hall–Kier alpha value is -2.05. The number of thiophene rings is 1. The Morgan fingerprint density at radius 1 is 1.26 bits per heavy atom. The van der Waals surface area contributed by atoms with Crippen LogP contribution in [0, 0.1) is 0 Å². The highest BCUT2D eigenvalue weighted by molar-refractivity contribution is 7.09. The number of carbonyl (C=O) groups is 1. The van der Waals surface area contributed by atoms with Crippen molar-refractivity contribution in [3.8, 4) is 11.5 Å². The van der Waals surface area contributed by atoms with E-state index < -0.39 is 0 Å². The first kappa shape index (κ1) is 17.3. The fourth-order valence-corrected chi connectivity index (χ4v) is 3.08. The molecule has 0 spiro atoms. The van der Waals surface area contributed by atoms with Gasteiger partial charge in [-0.05, 0) is 30.5 Å². The number of carbonyl (C=O) groups excluding carboxylic acids is 1. The molecular weight excluding hydrogens is 312 g/mol. The molecule has 0 aliphatic rings. The molecule has 23 heavy (non-hydrogen) atoms. The van der Waals surface area contributed by atoms with Crippen molar-refractivity contribution in [2.75, 3.05) is 32.6 Å². The van der Waals surface area contributed by atoms with Crippen molar-refractivity contribution in [2.45, 2.75) is 13.5 Å². The molecule has 1 aromatic carbocycles. The first-order valence-corrected chi connectivity index (χ1v) is 8.42. The van der Waals surface area contributed by atoms with Crippen LogP contribution < -0.4 is 19.7 Å². The predicted octanol–water partition coefficient (Wildman–Crippen LogP) is 1.81. The minimum Gasteiger partial charge on any atom is -0.497 e. The SMILES string of the molecule is CC[NH+](CC(=O)Nc1cc(OC)ccc1OC)Cc1cccs1. The normalized spacial score (nSPS) is 11.8. The highest BCUT2D eigenvalue weighted by atomic mass is 32.1. The average molecular weight is 335 g/mol. The van der Waals surface area contributed by atoms with Crippen LogP contribution in [0.15, 0.2) is 35.7 Å². The van der Waals surface area contributed by atoms with Gasteiger partial charge in [0.2, 0.25) is 0 Å². The van der Waals surface area contributed by atoms with E-state index in [-0.39, 0.29) is 5.91 Å². The number of likely N-dealkylation sites (N-methyl/N-ethyl adjacent to an activating group) is 1. The Bertz CT molecular complexity index is 629. The molecule has 1 aromatic heterocycles. The Morgan fingerprint density at radius 2 is 2.09 bits per heavy atom. The van der Waals surface area contributed by atoms with Gasteiger partial charge in [-0.1, -0.05) is 6.07 Å². The fraction of sp³-hybridized carbons (Fsp3) is 0.353. The maximum absolute atomic E-state index is 12.4. The van der Waals surface area contributed by atoms with E-state index in [1.807, 2.05) is 6.07 Å². The van der Waals surface area contributed by atoms with Crippen molar-refractivity contribution in [3.63, 3.8) is 0 Å². The summed E-state index contributed by atoms with van der Waals surface area (Å²) in [4.78, 5) is 14.9. The summed E-state index contributed by atoms with van der Waals surface area (Å²) in [5.41, 5.74) is 0.628. The van der Waals surface area contributed by atoms with E-state index in [9.17, 15) is 4.79 Å². The first-order chi connectivity index (χ1) is 11.2. The quantitative estimate of drug-likeness (QED) is 0.774. The van der Waals surface area contributed by atoms with Crippen molar-refractivity contribution < 1.29 is 19.2 Å². The molecule has 6 heteroatoms. The van der Waals surface area contributed by atoms with Crippen molar-refractivity contribution in [1.29, 1.82) is 0 Å². The number of hydrogen-bond acceptors (Lipinski definition) is 4. The highest BCUT2D eigenvalue weighted by Crippen LogP contribution is 2.28. The lowest BCUT2D eigenvalue weighted by Gasteiger charge is -2.17. The third-order valence-electron chi connectivity index (χ3n) is 3.60. The molecule has 0 fully saturated rings. The molecule has 0 saturated heterocycles. The Kier molecular flexibility index (Phi) is 6.43. The molecule has 0 saturated carbocycles. The smallest absolute Gasteiger partial charge is 0.279 e. The van der Waals surface area contributed by atoms with E-state index in [0.29, 0.717) is 23.7 Å². The Morgan fingerprint density at radius 3 is 2.70 bits per heavy atom. The molecule has 2 aromatic rings. The van der Waals surface area contributed by atoms with Crippen molar-refractivity contribution in [2.24, 2.45) is 0 Å². The van der Waals surface area contributed by atoms with Gasteiger partial charge in [0.25, 0.3) is 5.91 Å². The molecule has 0 radical (unpaired) electrons. The lowest BCUT2D eigenvalue weighted by molar-refractivity contribution is -0.903. The molecule has 1 unspecified atom stereocenters. The summed E-state index contributed by atoms with van der Waals surface area (Å²) in [5, 5.41) is 4.98. The second kappa shape index (κ2) is 8.55. The third-order valence-corrected chi connectivity index (χ3v) is 4.47. The monoisotopic (exact) mass is 335 g/mol. The van der Waals surface area contributed by atoms with E-state index in [4.69, 9.17) is 9.47 Å². The van der Waals surface area contributed by atoms with Crippen molar-refractivity contribution in [1.82, 2.24) is 0 Å². The summed E-state index contributed by atoms with van der Waals surface area (Å²) in [6, 6.07) is 9.48. The second-order valence-corrected chi connectivity index (χ2v) is 6.18. The van der Waals surface area contributed by atoms with Crippen LogP contribution in [-0.2, 0) is 11.3 Å². The number of rotatable bonds is 8. The molecule has 0 aliphatic carbocycles. The topological polar surface area (TPSA) is 52.0 Å². The van der Waals surface area contributed by atoms with E-state index in [1.165, 1.54) is 9.78 Å². The van der Waals surface area contributed by atoms with Crippen molar-refractivity contribution >= 4 is 22.9 Å². The maximum Gasteiger partial charge on any atom is 0.279 e. The summed E-state index contributed by atoms with van der Waals surface area (Å²) < 4.78 is 10.5.